The number of amides is 1. The second kappa shape index (κ2) is 7.04. The van der Waals surface area contributed by atoms with Crippen LogP contribution in [0.2, 0.25) is 0 Å². The normalized spacial score (nSPS) is 12.0. The summed E-state index contributed by atoms with van der Waals surface area (Å²) in [6.07, 6.45) is 1.49. The van der Waals surface area contributed by atoms with Gasteiger partial charge >= 0.3 is 0 Å². The first-order valence-electron chi connectivity index (χ1n) is 7.15. The van der Waals surface area contributed by atoms with Crippen LogP contribution in [0.3, 0.4) is 0 Å². The van der Waals surface area contributed by atoms with Crippen LogP contribution in [0.1, 0.15) is 16.7 Å². The Morgan fingerprint density at radius 1 is 0.952 bits per heavy atom. The molecule has 2 N–H and O–H groups in total. The first kappa shape index (κ1) is 15.3. The first-order chi connectivity index (χ1) is 10.1. The lowest BCUT2D eigenvalue weighted by molar-refractivity contribution is -0.130. The number of nitrogens with zero attached hydrogens (tertiary/aromatic N) is 1. The monoisotopic (exact) mass is 282 g/mol. The van der Waals surface area contributed by atoms with Crippen molar-refractivity contribution < 1.29 is 4.79 Å². The zero-order valence-electron chi connectivity index (χ0n) is 12.6. The van der Waals surface area contributed by atoms with E-state index in [1.165, 1.54) is 16.0 Å². The highest BCUT2D eigenvalue weighted by molar-refractivity contribution is 5.81. The topological polar surface area (TPSA) is 46.3 Å². The zero-order valence-corrected chi connectivity index (χ0v) is 12.6. The highest BCUT2D eigenvalue weighted by atomic mass is 16.2. The number of nitrogens with two attached hydrogens (primary N) is 1. The van der Waals surface area contributed by atoms with Crippen LogP contribution in [-0.2, 0) is 17.6 Å². The molecular weight excluding hydrogens is 260 g/mol. The van der Waals surface area contributed by atoms with Gasteiger partial charge in [0.05, 0.1) is 6.04 Å². The molecule has 2 aromatic rings. The molecule has 0 heterocycles. The predicted molar refractivity (Wildman–Crippen MR) is 86.1 cm³/mol. The second-order valence-electron chi connectivity index (χ2n) is 5.52. The van der Waals surface area contributed by atoms with Gasteiger partial charge in [0.1, 0.15) is 0 Å². The molecule has 0 aliphatic carbocycles. The zero-order chi connectivity index (χ0) is 15.2. The van der Waals surface area contributed by atoms with Crippen molar-refractivity contribution in [3.8, 4) is 0 Å². The van der Waals surface area contributed by atoms with Gasteiger partial charge in [-0.1, -0.05) is 54.6 Å². The minimum absolute atomic E-state index is 0.0386. The summed E-state index contributed by atoms with van der Waals surface area (Å²) in [4.78, 5) is 13.3. The minimum atomic E-state index is -0.472. The molecule has 2 rings (SSSR count). The first-order valence-corrected chi connectivity index (χ1v) is 7.15. The van der Waals surface area contributed by atoms with Crippen LogP contribution >= 0.6 is 0 Å². The Labute approximate surface area is 126 Å². The molecule has 1 atom stereocenters. The number of hydrogen-bond donors (Lipinski definition) is 1. The quantitative estimate of drug-likeness (QED) is 0.914. The fourth-order valence-corrected chi connectivity index (χ4v) is 2.30. The van der Waals surface area contributed by atoms with Crippen LogP contribution in [0, 0.1) is 0 Å². The lowest BCUT2D eigenvalue weighted by atomic mass is 10.0. The Morgan fingerprint density at radius 2 is 1.48 bits per heavy atom. The molecule has 1 unspecified atom stereocenters. The van der Waals surface area contributed by atoms with E-state index in [0.717, 1.165) is 12.0 Å². The van der Waals surface area contributed by atoms with E-state index in [9.17, 15) is 4.79 Å². The number of hydrogen-bond acceptors (Lipinski definition) is 2. The van der Waals surface area contributed by atoms with Crippen LogP contribution < -0.4 is 5.73 Å². The maximum atomic E-state index is 11.8. The fraction of sp³-hybridized carbons (Fsp3) is 0.278. The third-order valence-corrected chi connectivity index (χ3v) is 3.49. The van der Waals surface area contributed by atoms with E-state index in [1.807, 2.05) is 6.07 Å². The van der Waals surface area contributed by atoms with E-state index >= 15 is 0 Å². The molecular formula is C18H22N2O. The number of carbonyl (C=O) groups excluding carboxylic acids is 1. The molecule has 0 saturated carbocycles. The van der Waals surface area contributed by atoms with E-state index in [2.05, 4.69) is 48.5 Å². The van der Waals surface area contributed by atoms with Crippen molar-refractivity contribution in [2.24, 2.45) is 5.73 Å². The number of carbonyl (C=O) groups is 1. The molecule has 21 heavy (non-hydrogen) atoms. The molecule has 0 aliphatic heterocycles. The Hall–Kier alpha value is -2.13. The maximum Gasteiger partial charge on any atom is 0.239 e. The SMILES string of the molecule is CN(C)C(=O)C(N)Cc1ccc(Cc2ccccc2)cc1. The van der Waals surface area contributed by atoms with Gasteiger partial charge in [-0.05, 0) is 29.5 Å². The van der Waals surface area contributed by atoms with Crippen LogP contribution in [0.5, 0.6) is 0 Å². The Balaban J connectivity index is 1.97. The molecule has 1 amide bonds. The van der Waals surface area contributed by atoms with E-state index in [0.29, 0.717) is 6.42 Å². The predicted octanol–water partition coefficient (Wildman–Crippen LogP) is 2.24. The van der Waals surface area contributed by atoms with E-state index in [4.69, 9.17) is 5.73 Å². The maximum absolute atomic E-state index is 11.8. The van der Waals surface area contributed by atoms with Gasteiger partial charge in [0.25, 0.3) is 0 Å². The van der Waals surface area contributed by atoms with Crippen molar-refractivity contribution in [3.05, 3.63) is 71.3 Å². The number of benzene rings is 2. The van der Waals surface area contributed by atoms with Crippen molar-refractivity contribution in [2.75, 3.05) is 14.1 Å². The van der Waals surface area contributed by atoms with Gasteiger partial charge in [-0.15, -0.1) is 0 Å². The van der Waals surface area contributed by atoms with Crippen LogP contribution in [0.4, 0.5) is 0 Å². The van der Waals surface area contributed by atoms with E-state index in [1.54, 1.807) is 14.1 Å². The summed E-state index contributed by atoms with van der Waals surface area (Å²) in [7, 11) is 3.45. The van der Waals surface area contributed by atoms with Gasteiger partial charge in [0, 0.05) is 14.1 Å². The Kier molecular flexibility index (Phi) is 5.12. The summed E-state index contributed by atoms with van der Waals surface area (Å²) < 4.78 is 0. The molecule has 0 bridgehead atoms. The summed E-state index contributed by atoms with van der Waals surface area (Å²) in [5, 5.41) is 0. The highest BCUT2D eigenvalue weighted by Crippen LogP contribution is 2.12. The van der Waals surface area contributed by atoms with Crippen LogP contribution in [0.15, 0.2) is 54.6 Å². The fourth-order valence-electron chi connectivity index (χ4n) is 2.30. The molecule has 110 valence electrons. The van der Waals surface area contributed by atoms with Gasteiger partial charge in [-0.2, -0.15) is 0 Å². The van der Waals surface area contributed by atoms with Gasteiger partial charge in [0.2, 0.25) is 5.91 Å². The highest BCUT2D eigenvalue weighted by Gasteiger charge is 2.15. The van der Waals surface area contributed by atoms with Crippen molar-refractivity contribution in [2.45, 2.75) is 18.9 Å². The molecule has 3 nitrogen and oxygen atoms in total. The van der Waals surface area contributed by atoms with Crippen molar-refractivity contribution in [3.63, 3.8) is 0 Å². The van der Waals surface area contributed by atoms with Crippen LogP contribution in [0.25, 0.3) is 0 Å². The summed E-state index contributed by atoms with van der Waals surface area (Å²) >= 11 is 0. The van der Waals surface area contributed by atoms with Gasteiger partial charge in [-0.3, -0.25) is 4.79 Å². The molecule has 0 aliphatic rings. The number of rotatable bonds is 5. The number of likely N-dealkylation sites (N-methyl/N-ethyl adjacent to an activating group) is 1. The van der Waals surface area contributed by atoms with E-state index in [-0.39, 0.29) is 5.91 Å². The minimum Gasteiger partial charge on any atom is -0.347 e. The summed E-state index contributed by atoms with van der Waals surface area (Å²) in [5.74, 6) is -0.0386. The molecule has 0 aromatic heterocycles. The average Bonchev–Trinajstić information content (AvgIpc) is 2.49. The summed E-state index contributed by atoms with van der Waals surface area (Å²) in [5.41, 5.74) is 9.57. The molecule has 2 aromatic carbocycles. The average molecular weight is 282 g/mol. The van der Waals surface area contributed by atoms with Gasteiger partial charge in [0.15, 0.2) is 0 Å². The summed E-state index contributed by atoms with van der Waals surface area (Å²) in [6.45, 7) is 0. The Morgan fingerprint density at radius 3 is 2.05 bits per heavy atom. The third-order valence-electron chi connectivity index (χ3n) is 3.49. The van der Waals surface area contributed by atoms with Crippen molar-refractivity contribution in [1.82, 2.24) is 4.90 Å². The molecule has 3 heteroatoms. The standard InChI is InChI=1S/C18H22N2O/c1-20(2)18(21)17(19)13-16-10-8-15(9-11-16)12-14-6-4-3-5-7-14/h3-11,17H,12-13,19H2,1-2H3. The largest absolute Gasteiger partial charge is 0.347 e. The van der Waals surface area contributed by atoms with E-state index < -0.39 is 6.04 Å². The van der Waals surface area contributed by atoms with Crippen molar-refractivity contribution in [1.29, 1.82) is 0 Å². The lowest BCUT2D eigenvalue weighted by Crippen LogP contribution is -2.41. The molecule has 0 spiro atoms. The molecule has 0 radical (unpaired) electrons. The molecule has 0 saturated heterocycles. The molecule has 0 fully saturated rings. The van der Waals surface area contributed by atoms with Gasteiger partial charge in [-0.25, -0.2) is 0 Å². The lowest BCUT2D eigenvalue weighted by Gasteiger charge is -2.16. The van der Waals surface area contributed by atoms with Crippen molar-refractivity contribution >= 4 is 5.91 Å². The van der Waals surface area contributed by atoms with Gasteiger partial charge < -0.3 is 10.6 Å². The smallest absolute Gasteiger partial charge is 0.239 e. The summed E-state index contributed by atoms with van der Waals surface area (Å²) in [6, 6.07) is 18.2. The van der Waals surface area contributed by atoms with Crippen LogP contribution in [-0.4, -0.2) is 30.9 Å². The Bertz CT molecular complexity index is 576. The third kappa shape index (κ3) is 4.43. The second-order valence-corrected chi connectivity index (χ2v) is 5.52.